The molecule has 0 radical (unpaired) electrons. The van der Waals surface area contributed by atoms with E-state index < -0.39 is 0 Å². The normalized spacial score (nSPS) is 27.8. The zero-order valence-electron chi connectivity index (χ0n) is 18.7. The van der Waals surface area contributed by atoms with Crippen molar-refractivity contribution >= 4 is 0 Å². The summed E-state index contributed by atoms with van der Waals surface area (Å²) in [5, 5.41) is 0. The van der Waals surface area contributed by atoms with Crippen LogP contribution in [0.25, 0.3) is 0 Å². The van der Waals surface area contributed by atoms with Crippen LogP contribution in [-0.2, 0) is 12.8 Å². The topological polar surface area (TPSA) is 0 Å². The Kier molecular flexibility index (Phi) is 9.16. The number of benzene rings is 1. The van der Waals surface area contributed by atoms with Gasteiger partial charge in [0.25, 0.3) is 0 Å². The second-order valence-corrected chi connectivity index (χ2v) is 9.77. The van der Waals surface area contributed by atoms with Gasteiger partial charge in [0.15, 0.2) is 0 Å². The summed E-state index contributed by atoms with van der Waals surface area (Å²) >= 11 is 0. The summed E-state index contributed by atoms with van der Waals surface area (Å²) in [6.45, 7) is 4.57. The molecule has 156 valence electrons. The van der Waals surface area contributed by atoms with Gasteiger partial charge in [-0.15, -0.1) is 0 Å². The first-order valence-corrected chi connectivity index (χ1v) is 12.5. The highest BCUT2D eigenvalue weighted by Crippen LogP contribution is 2.40. The van der Waals surface area contributed by atoms with Crippen molar-refractivity contribution in [3.05, 3.63) is 47.5 Å². The van der Waals surface area contributed by atoms with Gasteiger partial charge in [0.2, 0.25) is 0 Å². The van der Waals surface area contributed by atoms with Gasteiger partial charge >= 0.3 is 0 Å². The Morgan fingerprint density at radius 3 is 2.00 bits per heavy atom. The van der Waals surface area contributed by atoms with Crippen molar-refractivity contribution in [3.63, 3.8) is 0 Å². The molecule has 0 heteroatoms. The van der Waals surface area contributed by atoms with Crippen molar-refractivity contribution in [3.8, 4) is 0 Å². The molecule has 0 nitrogen and oxygen atoms in total. The van der Waals surface area contributed by atoms with E-state index in [1.807, 2.05) is 0 Å². The maximum atomic E-state index is 2.63. The molecule has 1 saturated carbocycles. The van der Waals surface area contributed by atoms with E-state index in [1.165, 1.54) is 95.5 Å². The number of hydrogen-bond donors (Lipinski definition) is 0. The first-order valence-electron chi connectivity index (χ1n) is 12.5. The van der Waals surface area contributed by atoms with E-state index in [0.717, 1.165) is 23.7 Å². The number of allylic oxidation sites excluding steroid dienone is 2. The molecule has 0 amide bonds. The summed E-state index contributed by atoms with van der Waals surface area (Å²) in [6, 6.07) is 9.45. The number of unbranched alkanes of at least 4 members (excludes halogenated alkanes) is 2. The number of hydrogen-bond acceptors (Lipinski definition) is 0. The summed E-state index contributed by atoms with van der Waals surface area (Å²) in [6.07, 6.45) is 24.9. The standard InChI is InChI=1S/C28H44/c1-3-5-6-8-24-15-19-27(20-16-24)28-21-17-26(18-22-28)14-13-25-11-9-23(7-4-2)10-12-25/h9-12,15,19,24,26-28H,3-8,13-14,16-18,20-22H2,1-2H3. The first-order chi connectivity index (χ1) is 13.8. The molecule has 0 spiro atoms. The van der Waals surface area contributed by atoms with Crippen molar-refractivity contribution in [2.24, 2.45) is 23.7 Å². The number of aryl methyl sites for hydroxylation is 2. The van der Waals surface area contributed by atoms with Crippen molar-refractivity contribution in [1.82, 2.24) is 0 Å². The SMILES string of the molecule is CCCCCC1C=CC(C2CCC(CCc3ccc(CCC)cc3)CC2)CC1. The van der Waals surface area contributed by atoms with Crippen LogP contribution in [0.2, 0.25) is 0 Å². The Hall–Kier alpha value is -1.04. The third-order valence-corrected chi connectivity index (χ3v) is 7.58. The molecule has 1 fully saturated rings. The van der Waals surface area contributed by atoms with Gasteiger partial charge in [-0.05, 0) is 86.2 Å². The fourth-order valence-electron chi connectivity index (χ4n) is 5.63. The molecule has 2 aliphatic rings. The quantitative estimate of drug-likeness (QED) is 0.282. The highest BCUT2D eigenvalue weighted by molar-refractivity contribution is 5.22. The largest absolute Gasteiger partial charge is 0.0851 e. The van der Waals surface area contributed by atoms with Crippen LogP contribution in [0.4, 0.5) is 0 Å². The lowest BCUT2D eigenvalue weighted by molar-refractivity contribution is 0.205. The van der Waals surface area contributed by atoms with Gasteiger partial charge in [-0.25, -0.2) is 0 Å². The molecule has 1 aromatic rings. The molecule has 0 bridgehead atoms. The van der Waals surface area contributed by atoms with Crippen molar-refractivity contribution in [1.29, 1.82) is 0 Å². The Bertz CT molecular complexity index is 558. The zero-order chi connectivity index (χ0) is 19.6. The Morgan fingerprint density at radius 2 is 1.39 bits per heavy atom. The number of rotatable bonds is 10. The molecular weight excluding hydrogens is 336 g/mol. The van der Waals surface area contributed by atoms with Gasteiger partial charge in [0.05, 0.1) is 0 Å². The maximum absolute atomic E-state index is 2.63. The summed E-state index contributed by atoms with van der Waals surface area (Å²) in [4.78, 5) is 0. The highest BCUT2D eigenvalue weighted by Gasteiger charge is 2.28. The molecule has 28 heavy (non-hydrogen) atoms. The molecule has 0 aromatic heterocycles. The molecular formula is C28H44. The van der Waals surface area contributed by atoms with Crippen LogP contribution < -0.4 is 0 Å². The van der Waals surface area contributed by atoms with Crippen LogP contribution in [-0.4, -0.2) is 0 Å². The van der Waals surface area contributed by atoms with Crippen molar-refractivity contribution in [2.75, 3.05) is 0 Å². The van der Waals surface area contributed by atoms with Crippen LogP contribution in [0.3, 0.4) is 0 Å². The molecule has 0 N–H and O–H groups in total. The molecule has 2 aliphatic carbocycles. The van der Waals surface area contributed by atoms with E-state index in [9.17, 15) is 0 Å². The molecule has 1 aromatic carbocycles. The predicted octanol–water partition coefficient (Wildman–Crippen LogP) is 8.54. The molecule has 3 rings (SSSR count). The van der Waals surface area contributed by atoms with Gasteiger partial charge in [-0.3, -0.25) is 0 Å². The Labute approximate surface area is 175 Å². The van der Waals surface area contributed by atoms with E-state index in [1.54, 1.807) is 5.56 Å². The Morgan fingerprint density at radius 1 is 0.679 bits per heavy atom. The van der Waals surface area contributed by atoms with Crippen LogP contribution >= 0.6 is 0 Å². The fraction of sp³-hybridized carbons (Fsp3) is 0.714. The third-order valence-electron chi connectivity index (χ3n) is 7.58. The minimum Gasteiger partial charge on any atom is -0.0851 e. The molecule has 2 atom stereocenters. The van der Waals surface area contributed by atoms with Gasteiger partial charge in [-0.2, -0.15) is 0 Å². The van der Waals surface area contributed by atoms with Crippen LogP contribution in [0, 0.1) is 23.7 Å². The second-order valence-electron chi connectivity index (χ2n) is 9.77. The van der Waals surface area contributed by atoms with Crippen LogP contribution in [0.5, 0.6) is 0 Å². The molecule has 0 saturated heterocycles. The lowest BCUT2D eigenvalue weighted by Crippen LogP contribution is -2.23. The lowest BCUT2D eigenvalue weighted by Gasteiger charge is -2.35. The van der Waals surface area contributed by atoms with E-state index in [4.69, 9.17) is 0 Å². The van der Waals surface area contributed by atoms with Gasteiger partial charge < -0.3 is 0 Å². The summed E-state index contributed by atoms with van der Waals surface area (Å²) < 4.78 is 0. The summed E-state index contributed by atoms with van der Waals surface area (Å²) in [5.74, 6) is 3.75. The minimum absolute atomic E-state index is 0.892. The average molecular weight is 381 g/mol. The summed E-state index contributed by atoms with van der Waals surface area (Å²) in [5.41, 5.74) is 3.05. The minimum atomic E-state index is 0.892. The van der Waals surface area contributed by atoms with Gasteiger partial charge in [0, 0.05) is 0 Å². The van der Waals surface area contributed by atoms with Gasteiger partial charge in [0.1, 0.15) is 0 Å². The lowest BCUT2D eigenvalue weighted by atomic mass is 9.71. The maximum Gasteiger partial charge on any atom is -0.0205 e. The van der Waals surface area contributed by atoms with Crippen LogP contribution in [0.15, 0.2) is 36.4 Å². The smallest absolute Gasteiger partial charge is 0.0205 e. The van der Waals surface area contributed by atoms with Gasteiger partial charge in [-0.1, -0.05) is 88.8 Å². The molecule has 0 heterocycles. The zero-order valence-corrected chi connectivity index (χ0v) is 18.7. The highest BCUT2D eigenvalue weighted by atomic mass is 14.3. The van der Waals surface area contributed by atoms with E-state index in [2.05, 4.69) is 50.3 Å². The first kappa shape index (κ1) is 21.7. The molecule has 0 aliphatic heterocycles. The van der Waals surface area contributed by atoms with Crippen molar-refractivity contribution in [2.45, 2.75) is 104 Å². The van der Waals surface area contributed by atoms with Crippen molar-refractivity contribution < 1.29 is 0 Å². The summed E-state index contributed by atoms with van der Waals surface area (Å²) in [7, 11) is 0. The fourth-order valence-corrected chi connectivity index (χ4v) is 5.63. The predicted molar refractivity (Wildman–Crippen MR) is 124 cm³/mol. The molecule has 2 unspecified atom stereocenters. The van der Waals surface area contributed by atoms with E-state index in [-0.39, 0.29) is 0 Å². The van der Waals surface area contributed by atoms with E-state index in [0.29, 0.717) is 0 Å². The average Bonchev–Trinajstić information content (AvgIpc) is 2.75. The monoisotopic (exact) mass is 380 g/mol. The third kappa shape index (κ3) is 6.78. The van der Waals surface area contributed by atoms with Crippen LogP contribution in [0.1, 0.15) is 102 Å². The Balaban J connectivity index is 1.35. The second kappa shape index (κ2) is 11.8. The van der Waals surface area contributed by atoms with E-state index >= 15 is 0 Å².